The predicted molar refractivity (Wildman–Crippen MR) is 120 cm³/mol. The molecule has 8 heteroatoms. The molecule has 1 atom stereocenters. The van der Waals surface area contributed by atoms with Crippen LogP contribution in [0.15, 0.2) is 60.4 Å². The minimum absolute atomic E-state index is 0.0422. The predicted octanol–water partition coefficient (Wildman–Crippen LogP) is 3.78. The number of fused-ring (bicyclic) bond motifs is 5. The molecule has 0 spiro atoms. The number of rotatable bonds is 9. The molecule has 2 aliphatic heterocycles. The Balaban J connectivity index is 1.47. The third kappa shape index (κ3) is 3.46. The van der Waals surface area contributed by atoms with Crippen LogP contribution in [0.2, 0.25) is 0 Å². The molecule has 164 valence electrons. The van der Waals surface area contributed by atoms with Crippen LogP contribution < -0.4 is 0 Å². The smallest absolute Gasteiger partial charge is 0.278 e. The van der Waals surface area contributed by atoms with Gasteiger partial charge in [0.1, 0.15) is 6.33 Å². The van der Waals surface area contributed by atoms with Crippen molar-refractivity contribution in [2.24, 2.45) is 0 Å². The first-order chi connectivity index (χ1) is 15.7. The Morgan fingerprint density at radius 3 is 2.69 bits per heavy atom. The quantitative estimate of drug-likeness (QED) is 0.481. The van der Waals surface area contributed by atoms with E-state index in [1.165, 1.54) is 0 Å². The van der Waals surface area contributed by atoms with Crippen molar-refractivity contribution in [3.05, 3.63) is 73.0 Å². The van der Waals surface area contributed by atoms with Crippen molar-refractivity contribution in [1.29, 1.82) is 0 Å². The number of para-hydroxylation sites is 1. The summed E-state index contributed by atoms with van der Waals surface area (Å²) in [5.41, 5.74) is 3.10. The fourth-order valence-corrected chi connectivity index (χ4v) is 4.40. The highest BCUT2D eigenvalue weighted by atomic mass is 16.5. The van der Waals surface area contributed by atoms with Crippen molar-refractivity contribution in [2.75, 3.05) is 19.6 Å². The fraction of sp³-hybridized carbons (Fsp3) is 0.333. The number of carbonyl (C=O) groups excluding carboxylic acids is 1. The zero-order chi connectivity index (χ0) is 22.1. The van der Waals surface area contributed by atoms with Gasteiger partial charge in [-0.1, -0.05) is 29.4 Å². The Bertz CT molecular complexity index is 1150. The number of benzene rings is 1. The van der Waals surface area contributed by atoms with Crippen LogP contribution in [0.1, 0.15) is 47.2 Å². The van der Waals surface area contributed by atoms with Gasteiger partial charge in [-0.25, -0.2) is 4.98 Å². The van der Waals surface area contributed by atoms with Crippen LogP contribution in [-0.2, 0) is 6.54 Å². The topological polar surface area (TPSA) is 80.3 Å². The van der Waals surface area contributed by atoms with Gasteiger partial charge in [0, 0.05) is 19.6 Å². The number of aromatic nitrogens is 4. The second kappa shape index (κ2) is 8.55. The molecule has 8 nitrogen and oxygen atoms in total. The van der Waals surface area contributed by atoms with Crippen molar-refractivity contribution in [1.82, 2.24) is 29.5 Å². The first-order valence-electron chi connectivity index (χ1n) is 11.0. The van der Waals surface area contributed by atoms with Gasteiger partial charge in [0.2, 0.25) is 0 Å². The Hall–Kier alpha value is -3.52. The molecule has 32 heavy (non-hydrogen) atoms. The number of amides is 1. The van der Waals surface area contributed by atoms with Gasteiger partial charge in [-0.05, 0) is 31.4 Å². The van der Waals surface area contributed by atoms with Crippen molar-refractivity contribution in [2.45, 2.75) is 31.8 Å². The number of hydrogen-bond acceptors (Lipinski definition) is 6. The Morgan fingerprint density at radius 1 is 1.19 bits per heavy atom. The van der Waals surface area contributed by atoms with Crippen molar-refractivity contribution in [3.63, 3.8) is 0 Å². The third-order valence-corrected chi connectivity index (χ3v) is 6.13. The van der Waals surface area contributed by atoms with Gasteiger partial charge in [0.05, 0.1) is 29.5 Å². The van der Waals surface area contributed by atoms with Gasteiger partial charge in [0.25, 0.3) is 11.8 Å². The van der Waals surface area contributed by atoms with E-state index in [2.05, 4.69) is 33.2 Å². The lowest BCUT2D eigenvalue weighted by Crippen LogP contribution is -2.44. The van der Waals surface area contributed by atoms with E-state index in [0.717, 1.165) is 50.3 Å². The lowest BCUT2D eigenvalue weighted by atomic mass is 9.97. The minimum atomic E-state index is -0.0422. The van der Waals surface area contributed by atoms with Gasteiger partial charge in [-0.2, -0.15) is 4.98 Å². The summed E-state index contributed by atoms with van der Waals surface area (Å²) in [6.07, 6.45) is 8.24. The maximum Gasteiger partial charge on any atom is 0.278 e. The monoisotopic (exact) mass is 430 g/mol. The van der Waals surface area contributed by atoms with E-state index >= 15 is 0 Å². The molecular formula is C24H26N6O2. The first-order valence-corrected chi connectivity index (χ1v) is 11.0. The number of imidazole rings is 1. The molecule has 0 saturated carbocycles. The molecule has 1 saturated heterocycles. The third-order valence-electron chi connectivity index (χ3n) is 6.13. The molecule has 0 unspecified atom stereocenters. The number of nitrogens with zero attached hydrogens (tertiary/aromatic N) is 6. The molecule has 0 aliphatic carbocycles. The Morgan fingerprint density at radius 2 is 1.97 bits per heavy atom. The zero-order valence-corrected chi connectivity index (χ0v) is 18.0. The summed E-state index contributed by atoms with van der Waals surface area (Å²) >= 11 is 0. The molecule has 0 N–H and O–H groups in total. The van der Waals surface area contributed by atoms with Gasteiger partial charge >= 0.3 is 0 Å². The standard InChI is InChI=1S/C24H26N6O2/c1-3-5-12-28(13-6-4-2)15-20-26-23(32-27-20)21-22-19-11-14-29(19)24(31)17-9-7-8-10-18(17)30(22)16-25-21/h3-4,7-10,16,19H,1-2,5-6,11-15H2/t19-/m0/s1. The maximum atomic E-state index is 13.0. The number of hydrogen-bond donors (Lipinski definition) is 0. The van der Waals surface area contributed by atoms with E-state index < -0.39 is 0 Å². The summed E-state index contributed by atoms with van der Waals surface area (Å²) in [6.45, 7) is 10.7. The van der Waals surface area contributed by atoms with Crippen LogP contribution in [0.4, 0.5) is 0 Å². The minimum Gasteiger partial charge on any atom is -0.332 e. The van der Waals surface area contributed by atoms with Crippen LogP contribution in [-0.4, -0.2) is 55.0 Å². The average molecular weight is 431 g/mol. The molecule has 3 aromatic rings. The summed E-state index contributed by atoms with van der Waals surface area (Å²) in [4.78, 5) is 26.5. The van der Waals surface area contributed by atoms with E-state index in [4.69, 9.17) is 4.52 Å². The molecule has 4 heterocycles. The summed E-state index contributed by atoms with van der Waals surface area (Å²) in [5, 5.41) is 4.21. The Labute approximate surface area is 186 Å². The van der Waals surface area contributed by atoms with E-state index in [-0.39, 0.29) is 11.9 Å². The second-order valence-electron chi connectivity index (χ2n) is 8.12. The Kier molecular flexibility index (Phi) is 5.45. The molecule has 1 amide bonds. The lowest BCUT2D eigenvalue weighted by molar-refractivity contribution is 0.0461. The highest BCUT2D eigenvalue weighted by Crippen LogP contribution is 2.43. The lowest BCUT2D eigenvalue weighted by Gasteiger charge is -2.39. The summed E-state index contributed by atoms with van der Waals surface area (Å²) in [6, 6.07) is 7.60. The van der Waals surface area contributed by atoms with Gasteiger partial charge < -0.3 is 9.42 Å². The average Bonchev–Trinajstić information content (AvgIpc) is 3.40. The highest BCUT2D eigenvalue weighted by molar-refractivity contribution is 5.99. The number of carbonyl (C=O) groups is 1. The zero-order valence-electron chi connectivity index (χ0n) is 18.0. The maximum absolute atomic E-state index is 13.0. The van der Waals surface area contributed by atoms with E-state index in [1.807, 2.05) is 45.9 Å². The molecule has 0 radical (unpaired) electrons. The van der Waals surface area contributed by atoms with E-state index in [1.54, 1.807) is 6.33 Å². The van der Waals surface area contributed by atoms with Crippen molar-refractivity contribution in [3.8, 4) is 17.3 Å². The van der Waals surface area contributed by atoms with E-state index in [0.29, 0.717) is 29.5 Å². The first kappa shape index (κ1) is 20.4. The van der Waals surface area contributed by atoms with Crippen molar-refractivity contribution < 1.29 is 9.32 Å². The SMILES string of the molecule is C=CCCN(CCC=C)Cc1noc(-c2ncn3c2[C@@H]2CCN2C(=O)c2ccccc2-3)n1. The van der Waals surface area contributed by atoms with Gasteiger partial charge in [-0.3, -0.25) is 14.3 Å². The van der Waals surface area contributed by atoms with Gasteiger partial charge in [-0.15, -0.1) is 13.2 Å². The van der Waals surface area contributed by atoms with Gasteiger partial charge in [0.15, 0.2) is 11.5 Å². The van der Waals surface area contributed by atoms with Crippen LogP contribution in [0, 0.1) is 0 Å². The highest BCUT2D eigenvalue weighted by Gasteiger charge is 2.42. The molecule has 1 fully saturated rings. The molecule has 5 rings (SSSR count). The molecule has 0 bridgehead atoms. The second-order valence-corrected chi connectivity index (χ2v) is 8.12. The summed E-state index contributed by atoms with van der Waals surface area (Å²) < 4.78 is 7.64. The van der Waals surface area contributed by atoms with Crippen molar-refractivity contribution >= 4 is 5.91 Å². The van der Waals surface area contributed by atoms with Crippen LogP contribution in [0.5, 0.6) is 0 Å². The molecule has 2 aliphatic rings. The summed E-state index contributed by atoms with van der Waals surface area (Å²) in [5.74, 6) is 1.06. The normalized spacial score (nSPS) is 16.7. The van der Waals surface area contributed by atoms with Crippen LogP contribution in [0.3, 0.4) is 0 Å². The molecule has 2 aromatic heterocycles. The molecular weight excluding hydrogens is 404 g/mol. The van der Waals surface area contributed by atoms with Crippen LogP contribution >= 0.6 is 0 Å². The fourth-order valence-electron chi connectivity index (χ4n) is 4.40. The molecule has 1 aromatic carbocycles. The van der Waals surface area contributed by atoms with E-state index in [9.17, 15) is 4.79 Å². The summed E-state index contributed by atoms with van der Waals surface area (Å²) in [7, 11) is 0. The largest absolute Gasteiger partial charge is 0.332 e. The van der Waals surface area contributed by atoms with Crippen LogP contribution in [0.25, 0.3) is 17.3 Å².